The number of fused-ring (bicyclic) bond motifs is 2. The molecular formula is C18H27N. The molecule has 1 aromatic carbocycles. The Balaban J connectivity index is 2.12. The predicted octanol–water partition coefficient (Wildman–Crippen LogP) is 4.64. The van der Waals surface area contributed by atoms with Gasteiger partial charge in [-0.15, -0.1) is 0 Å². The topological polar surface area (TPSA) is 3.24 Å². The molecule has 0 radical (unpaired) electrons. The van der Waals surface area contributed by atoms with Crippen molar-refractivity contribution in [1.82, 2.24) is 0 Å². The van der Waals surface area contributed by atoms with Crippen molar-refractivity contribution < 1.29 is 0 Å². The molecule has 0 N–H and O–H groups in total. The predicted molar refractivity (Wildman–Crippen MR) is 82.6 cm³/mol. The van der Waals surface area contributed by atoms with E-state index in [0.29, 0.717) is 17.0 Å². The summed E-state index contributed by atoms with van der Waals surface area (Å²) < 4.78 is 0. The summed E-state index contributed by atoms with van der Waals surface area (Å²) in [6.07, 6.45) is 1.33. The molecule has 1 saturated heterocycles. The van der Waals surface area contributed by atoms with Crippen LogP contribution in [0.5, 0.6) is 0 Å². The molecule has 5 atom stereocenters. The molecule has 1 heteroatoms. The van der Waals surface area contributed by atoms with E-state index in [1.807, 2.05) is 0 Å². The van der Waals surface area contributed by atoms with Gasteiger partial charge in [-0.05, 0) is 56.1 Å². The molecule has 104 valence electrons. The Morgan fingerprint density at radius 2 is 1.68 bits per heavy atom. The van der Waals surface area contributed by atoms with Crippen LogP contribution in [0.25, 0.3) is 0 Å². The van der Waals surface area contributed by atoms with Gasteiger partial charge >= 0.3 is 0 Å². The van der Waals surface area contributed by atoms with Crippen molar-refractivity contribution in [1.29, 1.82) is 0 Å². The normalized spacial score (nSPS) is 44.9. The van der Waals surface area contributed by atoms with Crippen LogP contribution >= 0.6 is 0 Å². The van der Waals surface area contributed by atoms with Crippen molar-refractivity contribution in [3.63, 3.8) is 0 Å². The first-order valence-electron chi connectivity index (χ1n) is 7.67. The average molecular weight is 257 g/mol. The van der Waals surface area contributed by atoms with E-state index in [-0.39, 0.29) is 0 Å². The summed E-state index contributed by atoms with van der Waals surface area (Å²) in [4.78, 5) is 2.73. The lowest BCUT2D eigenvalue weighted by molar-refractivity contribution is 0.148. The first-order chi connectivity index (χ1) is 8.82. The van der Waals surface area contributed by atoms with Gasteiger partial charge in [-0.25, -0.2) is 0 Å². The lowest BCUT2D eigenvalue weighted by Gasteiger charge is -2.51. The third-order valence-electron chi connectivity index (χ3n) is 6.78. The van der Waals surface area contributed by atoms with Gasteiger partial charge < -0.3 is 4.90 Å². The van der Waals surface area contributed by atoms with Gasteiger partial charge in [0.1, 0.15) is 0 Å². The molecule has 1 aliphatic heterocycles. The molecule has 1 aromatic rings. The molecular weight excluding hydrogens is 230 g/mol. The van der Waals surface area contributed by atoms with Crippen LogP contribution in [0.1, 0.15) is 46.6 Å². The molecule has 2 bridgehead atoms. The van der Waals surface area contributed by atoms with E-state index in [0.717, 1.165) is 11.8 Å². The quantitative estimate of drug-likeness (QED) is 0.708. The van der Waals surface area contributed by atoms with Gasteiger partial charge in [-0.1, -0.05) is 39.0 Å². The molecule has 0 spiro atoms. The van der Waals surface area contributed by atoms with E-state index in [2.05, 4.69) is 70.7 Å². The summed E-state index contributed by atoms with van der Waals surface area (Å²) in [5.74, 6) is 1.57. The second-order valence-corrected chi connectivity index (χ2v) is 7.45. The standard InChI is InChI=1S/C18H27N/c1-12-9-7-8-10-16(12)19-15(4)17(5)11-18(19,6)14(3)13(17)2/h7-10,13-15H,11H2,1-6H3/t13?,14?,15-,17?,18?/m0/s1. The zero-order valence-corrected chi connectivity index (χ0v) is 13.2. The highest BCUT2D eigenvalue weighted by atomic mass is 15.3. The maximum Gasteiger partial charge on any atom is 0.0411 e. The zero-order valence-electron chi connectivity index (χ0n) is 13.2. The number of hydrogen-bond acceptors (Lipinski definition) is 1. The highest BCUT2D eigenvalue weighted by Crippen LogP contribution is 2.64. The minimum Gasteiger partial charge on any atom is -0.362 e. The Morgan fingerprint density at radius 1 is 1.05 bits per heavy atom. The largest absolute Gasteiger partial charge is 0.362 e. The number of nitrogens with zero attached hydrogens (tertiary/aromatic N) is 1. The van der Waals surface area contributed by atoms with E-state index in [9.17, 15) is 0 Å². The molecule has 19 heavy (non-hydrogen) atoms. The molecule has 2 aliphatic rings. The minimum atomic E-state index is 0.319. The molecule has 0 amide bonds. The Kier molecular flexibility index (Phi) is 2.59. The average Bonchev–Trinajstić information content (AvgIpc) is 2.68. The fourth-order valence-electron chi connectivity index (χ4n) is 5.09. The smallest absolute Gasteiger partial charge is 0.0411 e. The van der Waals surface area contributed by atoms with E-state index >= 15 is 0 Å². The fraction of sp³-hybridized carbons (Fsp3) is 0.667. The maximum atomic E-state index is 2.73. The Morgan fingerprint density at radius 3 is 2.26 bits per heavy atom. The van der Waals surface area contributed by atoms with Crippen LogP contribution in [0.15, 0.2) is 24.3 Å². The summed E-state index contributed by atoms with van der Waals surface area (Å²) in [7, 11) is 0. The van der Waals surface area contributed by atoms with E-state index < -0.39 is 0 Å². The summed E-state index contributed by atoms with van der Waals surface area (Å²) in [5.41, 5.74) is 3.63. The van der Waals surface area contributed by atoms with Crippen LogP contribution < -0.4 is 4.90 Å². The fourth-order valence-corrected chi connectivity index (χ4v) is 5.09. The third-order valence-corrected chi connectivity index (χ3v) is 6.78. The zero-order chi connectivity index (χ0) is 14.0. The number of piperidine rings is 1. The van der Waals surface area contributed by atoms with Gasteiger partial charge in [-0.3, -0.25) is 0 Å². The Bertz CT molecular complexity index is 508. The van der Waals surface area contributed by atoms with Crippen LogP contribution in [-0.2, 0) is 0 Å². The molecule has 3 rings (SSSR count). The van der Waals surface area contributed by atoms with E-state index in [4.69, 9.17) is 0 Å². The molecule has 2 fully saturated rings. The van der Waals surface area contributed by atoms with Crippen molar-refractivity contribution in [2.24, 2.45) is 17.3 Å². The first kappa shape index (κ1) is 13.0. The minimum absolute atomic E-state index is 0.319. The third kappa shape index (κ3) is 1.42. The van der Waals surface area contributed by atoms with Gasteiger partial charge in [0.2, 0.25) is 0 Å². The van der Waals surface area contributed by atoms with Crippen LogP contribution in [0, 0.1) is 24.2 Å². The van der Waals surface area contributed by atoms with Crippen LogP contribution in [-0.4, -0.2) is 11.6 Å². The lowest BCUT2D eigenvalue weighted by atomic mass is 9.71. The summed E-state index contributed by atoms with van der Waals surface area (Å²) in [6.45, 7) is 14.6. The number of hydrogen-bond donors (Lipinski definition) is 0. The SMILES string of the molecule is Cc1ccccc1N1[C@@H](C)C2(C)CC1(C)C(C)C2C. The van der Waals surface area contributed by atoms with Crippen molar-refractivity contribution in [3.05, 3.63) is 29.8 Å². The second-order valence-electron chi connectivity index (χ2n) is 7.45. The van der Waals surface area contributed by atoms with Gasteiger partial charge in [0.05, 0.1) is 0 Å². The van der Waals surface area contributed by atoms with Gasteiger partial charge in [0.15, 0.2) is 0 Å². The van der Waals surface area contributed by atoms with Gasteiger partial charge in [0.25, 0.3) is 0 Å². The van der Waals surface area contributed by atoms with Crippen LogP contribution in [0.4, 0.5) is 5.69 Å². The van der Waals surface area contributed by atoms with Crippen LogP contribution in [0.2, 0.25) is 0 Å². The Hall–Kier alpha value is -0.980. The molecule has 1 nitrogen and oxygen atoms in total. The first-order valence-corrected chi connectivity index (χ1v) is 7.67. The molecule has 0 aromatic heterocycles. The number of rotatable bonds is 1. The highest BCUT2D eigenvalue weighted by molar-refractivity contribution is 5.59. The molecule has 1 heterocycles. The van der Waals surface area contributed by atoms with Crippen molar-refractivity contribution in [2.75, 3.05) is 4.90 Å². The van der Waals surface area contributed by atoms with Crippen molar-refractivity contribution in [3.8, 4) is 0 Å². The maximum absolute atomic E-state index is 2.73. The summed E-state index contributed by atoms with van der Waals surface area (Å²) >= 11 is 0. The van der Waals surface area contributed by atoms with Crippen molar-refractivity contribution >= 4 is 5.69 Å². The summed E-state index contributed by atoms with van der Waals surface area (Å²) in [6, 6.07) is 9.51. The van der Waals surface area contributed by atoms with Crippen molar-refractivity contribution in [2.45, 2.75) is 59.5 Å². The highest BCUT2D eigenvalue weighted by Gasteiger charge is 2.65. The molecule has 4 unspecified atom stereocenters. The van der Waals surface area contributed by atoms with Gasteiger partial charge in [-0.2, -0.15) is 0 Å². The van der Waals surface area contributed by atoms with Crippen LogP contribution in [0.3, 0.4) is 0 Å². The molecule has 1 aliphatic carbocycles. The number of aryl methyl sites for hydroxylation is 1. The summed E-state index contributed by atoms with van der Waals surface area (Å²) in [5, 5.41) is 0. The molecule has 1 saturated carbocycles. The van der Waals surface area contributed by atoms with Gasteiger partial charge in [0, 0.05) is 17.3 Å². The second kappa shape index (κ2) is 3.77. The lowest BCUT2D eigenvalue weighted by Crippen LogP contribution is -2.56. The number of benzene rings is 1. The van der Waals surface area contributed by atoms with E-state index in [1.54, 1.807) is 0 Å². The number of anilines is 1. The Labute approximate surface area is 118 Å². The van der Waals surface area contributed by atoms with E-state index in [1.165, 1.54) is 17.7 Å². The monoisotopic (exact) mass is 257 g/mol. The number of para-hydroxylation sites is 1.